The highest BCUT2D eigenvalue weighted by atomic mass is 32.2. The van der Waals surface area contributed by atoms with Gasteiger partial charge in [-0.25, -0.2) is 8.42 Å². The number of amides is 1. The number of benzene rings is 2. The van der Waals surface area contributed by atoms with Gasteiger partial charge in [-0.2, -0.15) is 4.31 Å². The molecule has 2 aromatic carbocycles. The molecule has 0 unspecified atom stereocenters. The van der Waals surface area contributed by atoms with Crippen LogP contribution in [-0.2, 0) is 14.8 Å². The van der Waals surface area contributed by atoms with Gasteiger partial charge >= 0.3 is 0 Å². The van der Waals surface area contributed by atoms with E-state index in [1.54, 1.807) is 24.3 Å². The first-order valence-corrected chi connectivity index (χ1v) is 11.8. The fourth-order valence-electron chi connectivity index (χ4n) is 3.72. The Kier molecular flexibility index (Phi) is 7.15. The number of carbonyl (C=O) groups excluding carboxylic acids is 1. The zero-order valence-corrected chi connectivity index (χ0v) is 18.7. The van der Waals surface area contributed by atoms with Crippen molar-refractivity contribution >= 4 is 15.9 Å². The van der Waals surface area contributed by atoms with Crippen LogP contribution in [0, 0.1) is 26.7 Å². The van der Waals surface area contributed by atoms with E-state index in [1.807, 2.05) is 39.0 Å². The second kappa shape index (κ2) is 9.62. The molecule has 6 nitrogen and oxygen atoms in total. The number of aryl methyl sites for hydroxylation is 3. The Morgan fingerprint density at radius 1 is 1.03 bits per heavy atom. The Morgan fingerprint density at radius 3 is 2.23 bits per heavy atom. The zero-order valence-electron chi connectivity index (χ0n) is 17.8. The summed E-state index contributed by atoms with van der Waals surface area (Å²) in [6.45, 7) is 7.46. The summed E-state index contributed by atoms with van der Waals surface area (Å²) in [5.41, 5.74) is 3.16. The number of piperidine rings is 1. The number of carbonyl (C=O) groups is 1. The monoisotopic (exact) mass is 430 g/mol. The summed E-state index contributed by atoms with van der Waals surface area (Å²) >= 11 is 0. The van der Waals surface area contributed by atoms with Gasteiger partial charge in [0.05, 0.1) is 11.4 Å². The highest BCUT2D eigenvalue weighted by Gasteiger charge is 2.31. The summed E-state index contributed by atoms with van der Waals surface area (Å²) in [6, 6.07) is 12.9. The maximum Gasteiger partial charge on any atom is 0.243 e. The van der Waals surface area contributed by atoms with Gasteiger partial charge in [0.25, 0.3) is 0 Å². The fraction of sp³-hybridized carbons (Fsp3) is 0.435. The molecule has 30 heavy (non-hydrogen) atoms. The van der Waals surface area contributed by atoms with Crippen LogP contribution in [0.25, 0.3) is 0 Å². The van der Waals surface area contributed by atoms with Crippen LogP contribution >= 0.6 is 0 Å². The number of ether oxygens (including phenoxy) is 1. The predicted octanol–water partition coefficient (Wildman–Crippen LogP) is 3.21. The minimum absolute atomic E-state index is 0.0347. The number of nitrogens with one attached hydrogen (secondary N) is 1. The average Bonchev–Trinajstić information content (AvgIpc) is 2.73. The van der Waals surface area contributed by atoms with Gasteiger partial charge in [0.1, 0.15) is 12.4 Å². The first-order valence-electron chi connectivity index (χ1n) is 10.3. The van der Waals surface area contributed by atoms with E-state index in [0.717, 1.165) is 22.4 Å². The summed E-state index contributed by atoms with van der Waals surface area (Å²) in [5.74, 6) is 0.656. The normalized spacial score (nSPS) is 15.7. The molecule has 0 aliphatic carbocycles. The van der Waals surface area contributed by atoms with E-state index in [2.05, 4.69) is 5.32 Å². The van der Waals surface area contributed by atoms with E-state index >= 15 is 0 Å². The Labute approximate surface area is 179 Å². The van der Waals surface area contributed by atoms with E-state index in [-0.39, 0.29) is 11.8 Å². The van der Waals surface area contributed by atoms with Gasteiger partial charge in [-0.05, 0) is 56.9 Å². The van der Waals surface area contributed by atoms with Crippen LogP contribution in [0.4, 0.5) is 0 Å². The van der Waals surface area contributed by atoms with Crippen molar-refractivity contribution in [3.63, 3.8) is 0 Å². The van der Waals surface area contributed by atoms with Crippen LogP contribution in [0.3, 0.4) is 0 Å². The van der Waals surface area contributed by atoms with Crippen molar-refractivity contribution in [1.29, 1.82) is 0 Å². The van der Waals surface area contributed by atoms with E-state index in [9.17, 15) is 13.2 Å². The van der Waals surface area contributed by atoms with Gasteiger partial charge in [0.15, 0.2) is 0 Å². The van der Waals surface area contributed by atoms with Crippen LogP contribution in [0.1, 0.15) is 29.5 Å². The molecule has 0 aromatic heterocycles. The highest BCUT2D eigenvalue weighted by molar-refractivity contribution is 7.89. The SMILES string of the molecule is Cc1ccc(S(=O)(=O)N2CCC(C(=O)NCCOc3c(C)cccc3C)CC2)cc1. The molecule has 3 rings (SSSR count). The molecule has 1 N–H and O–H groups in total. The maximum atomic E-state index is 12.8. The zero-order chi connectivity index (χ0) is 21.7. The van der Waals surface area contributed by atoms with Crippen LogP contribution in [0.2, 0.25) is 0 Å². The Morgan fingerprint density at radius 2 is 1.63 bits per heavy atom. The number of para-hydroxylation sites is 1. The molecule has 1 heterocycles. The second-order valence-corrected chi connectivity index (χ2v) is 9.79. The molecular weight excluding hydrogens is 400 g/mol. The van der Waals surface area contributed by atoms with Gasteiger partial charge in [-0.15, -0.1) is 0 Å². The van der Waals surface area contributed by atoms with E-state index in [1.165, 1.54) is 4.31 Å². The largest absolute Gasteiger partial charge is 0.491 e. The van der Waals surface area contributed by atoms with E-state index in [4.69, 9.17) is 4.74 Å². The van der Waals surface area contributed by atoms with E-state index in [0.29, 0.717) is 44.0 Å². The predicted molar refractivity (Wildman–Crippen MR) is 117 cm³/mol. The Bertz CT molecular complexity index is 959. The molecule has 1 aliphatic rings. The first kappa shape index (κ1) is 22.3. The molecule has 1 fully saturated rings. The summed E-state index contributed by atoms with van der Waals surface area (Å²) in [4.78, 5) is 12.8. The number of nitrogens with zero attached hydrogens (tertiary/aromatic N) is 1. The Hall–Kier alpha value is -2.38. The number of rotatable bonds is 7. The summed E-state index contributed by atoms with van der Waals surface area (Å²) in [7, 11) is -3.51. The van der Waals surface area contributed by atoms with Crippen LogP contribution in [0.5, 0.6) is 5.75 Å². The second-order valence-electron chi connectivity index (χ2n) is 7.85. The molecule has 2 aromatic rings. The van der Waals surface area contributed by atoms with Crippen molar-refractivity contribution < 1.29 is 17.9 Å². The van der Waals surface area contributed by atoms with Crippen molar-refractivity contribution in [1.82, 2.24) is 9.62 Å². The summed E-state index contributed by atoms with van der Waals surface area (Å²) in [6.07, 6.45) is 1.05. The number of sulfonamides is 1. The first-order chi connectivity index (χ1) is 14.3. The Balaban J connectivity index is 1.45. The van der Waals surface area contributed by atoms with Crippen LogP contribution < -0.4 is 10.1 Å². The molecular formula is C23H30N2O4S. The minimum Gasteiger partial charge on any atom is -0.491 e. The number of hydrogen-bond donors (Lipinski definition) is 1. The molecule has 0 spiro atoms. The molecule has 1 saturated heterocycles. The third-order valence-corrected chi connectivity index (χ3v) is 7.45. The lowest BCUT2D eigenvalue weighted by Gasteiger charge is -2.30. The summed E-state index contributed by atoms with van der Waals surface area (Å²) < 4.78 is 32.9. The molecule has 162 valence electrons. The summed E-state index contributed by atoms with van der Waals surface area (Å²) in [5, 5.41) is 2.92. The van der Waals surface area contributed by atoms with Crippen molar-refractivity contribution in [3.8, 4) is 5.75 Å². The lowest BCUT2D eigenvalue weighted by molar-refractivity contribution is -0.126. The fourth-order valence-corrected chi connectivity index (χ4v) is 5.19. The van der Waals surface area contributed by atoms with Gasteiger partial charge in [-0.1, -0.05) is 35.9 Å². The number of hydrogen-bond acceptors (Lipinski definition) is 4. The van der Waals surface area contributed by atoms with Crippen LogP contribution in [-0.4, -0.2) is 44.9 Å². The molecule has 0 saturated carbocycles. The van der Waals surface area contributed by atoms with E-state index < -0.39 is 10.0 Å². The topological polar surface area (TPSA) is 75.7 Å². The quantitative estimate of drug-likeness (QED) is 0.685. The van der Waals surface area contributed by atoms with Gasteiger partial charge in [-0.3, -0.25) is 4.79 Å². The third-order valence-electron chi connectivity index (χ3n) is 5.54. The molecule has 0 bridgehead atoms. The van der Waals surface area contributed by atoms with Crippen molar-refractivity contribution in [2.75, 3.05) is 26.2 Å². The van der Waals surface area contributed by atoms with Crippen molar-refractivity contribution in [2.24, 2.45) is 5.92 Å². The molecule has 0 radical (unpaired) electrons. The standard InChI is InChI=1S/C23H30N2O4S/c1-17-7-9-21(10-8-17)30(27,28)25-14-11-20(12-15-25)23(26)24-13-16-29-22-18(2)5-4-6-19(22)3/h4-10,20H,11-16H2,1-3H3,(H,24,26). The molecule has 1 amide bonds. The lowest BCUT2D eigenvalue weighted by Crippen LogP contribution is -2.43. The van der Waals surface area contributed by atoms with Crippen molar-refractivity contribution in [3.05, 3.63) is 59.2 Å². The molecule has 0 atom stereocenters. The van der Waals surface area contributed by atoms with Gasteiger partial charge in [0, 0.05) is 19.0 Å². The van der Waals surface area contributed by atoms with Gasteiger partial charge < -0.3 is 10.1 Å². The van der Waals surface area contributed by atoms with Gasteiger partial charge in [0.2, 0.25) is 15.9 Å². The molecule has 1 aliphatic heterocycles. The smallest absolute Gasteiger partial charge is 0.243 e. The highest BCUT2D eigenvalue weighted by Crippen LogP contribution is 2.24. The van der Waals surface area contributed by atoms with Crippen molar-refractivity contribution in [2.45, 2.75) is 38.5 Å². The third kappa shape index (κ3) is 5.21. The van der Waals surface area contributed by atoms with Crippen LogP contribution in [0.15, 0.2) is 47.4 Å². The average molecular weight is 431 g/mol. The minimum atomic E-state index is -3.51. The molecule has 7 heteroatoms. The maximum absolute atomic E-state index is 12.8. The lowest BCUT2D eigenvalue weighted by atomic mass is 9.97.